The Labute approximate surface area is 93.0 Å². The first-order chi connectivity index (χ1) is 6.70. The highest BCUT2D eigenvalue weighted by Crippen LogP contribution is 2.32. The van der Waals surface area contributed by atoms with E-state index in [0.29, 0.717) is 6.61 Å². The summed E-state index contributed by atoms with van der Waals surface area (Å²) in [5, 5.41) is 9.07. The van der Waals surface area contributed by atoms with Gasteiger partial charge in [-0.15, -0.1) is 0 Å². The summed E-state index contributed by atoms with van der Waals surface area (Å²) in [5.41, 5.74) is 1.08. The minimum Gasteiger partial charge on any atom is -0.493 e. The van der Waals surface area contributed by atoms with E-state index in [1.54, 1.807) is 0 Å². The maximum atomic E-state index is 9.07. The Bertz CT molecular complexity index is 299. The van der Waals surface area contributed by atoms with Gasteiger partial charge in [-0.2, -0.15) is 0 Å². The fourth-order valence-corrected chi connectivity index (χ4v) is 2.04. The monoisotopic (exact) mass is 258 g/mol. The molecule has 0 aliphatic rings. The van der Waals surface area contributed by atoms with Gasteiger partial charge in [0.25, 0.3) is 0 Å². The van der Waals surface area contributed by atoms with Crippen molar-refractivity contribution < 1.29 is 9.84 Å². The molecule has 1 atom stereocenters. The Hall–Kier alpha value is -0.540. The van der Waals surface area contributed by atoms with Crippen molar-refractivity contribution in [3.63, 3.8) is 0 Å². The third-order valence-electron chi connectivity index (χ3n) is 2.10. The lowest BCUT2D eigenvalue weighted by molar-refractivity contribution is 0.272. The van der Waals surface area contributed by atoms with E-state index in [1.165, 1.54) is 0 Å². The van der Waals surface area contributed by atoms with Crippen molar-refractivity contribution in [1.82, 2.24) is 0 Å². The first kappa shape index (κ1) is 11.5. The van der Waals surface area contributed by atoms with Crippen LogP contribution < -0.4 is 4.74 Å². The van der Waals surface area contributed by atoms with Crippen LogP contribution in [-0.4, -0.2) is 18.3 Å². The fourth-order valence-electron chi connectivity index (χ4n) is 1.27. The molecule has 1 aromatic rings. The quantitative estimate of drug-likeness (QED) is 0.900. The Kier molecular flexibility index (Phi) is 4.42. The maximum Gasteiger partial charge on any atom is 0.133 e. The molecule has 2 nitrogen and oxygen atoms in total. The lowest BCUT2D eigenvalue weighted by Gasteiger charge is -2.13. The van der Waals surface area contributed by atoms with Crippen molar-refractivity contribution in [3.05, 3.63) is 28.2 Å². The summed E-state index contributed by atoms with van der Waals surface area (Å²) < 4.78 is 6.39. The second-order valence-electron chi connectivity index (χ2n) is 3.18. The summed E-state index contributed by atoms with van der Waals surface area (Å²) in [4.78, 5) is 0. The topological polar surface area (TPSA) is 29.5 Å². The predicted octanol–water partition coefficient (Wildman–Crippen LogP) is 2.94. The van der Waals surface area contributed by atoms with Gasteiger partial charge < -0.3 is 9.84 Å². The van der Waals surface area contributed by atoms with Crippen molar-refractivity contribution in [2.24, 2.45) is 0 Å². The van der Waals surface area contributed by atoms with Crippen molar-refractivity contribution in [1.29, 1.82) is 0 Å². The van der Waals surface area contributed by atoms with E-state index < -0.39 is 0 Å². The van der Waals surface area contributed by atoms with Crippen LogP contribution in [0.2, 0.25) is 0 Å². The summed E-state index contributed by atoms with van der Waals surface area (Å²) in [7, 11) is 0. The molecule has 0 saturated heterocycles. The molecular formula is C11H15BrO2. The zero-order chi connectivity index (χ0) is 10.6. The minimum absolute atomic E-state index is 0.129. The zero-order valence-corrected chi connectivity index (χ0v) is 10.0. The molecule has 1 rings (SSSR count). The third-order valence-corrected chi connectivity index (χ3v) is 2.95. The van der Waals surface area contributed by atoms with Gasteiger partial charge in [0.05, 0.1) is 11.1 Å². The highest BCUT2D eigenvalue weighted by molar-refractivity contribution is 9.10. The molecule has 0 aliphatic carbocycles. The van der Waals surface area contributed by atoms with Crippen LogP contribution in [0, 0.1) is 0 Å². The molecule has 0 heterocycles. The average molecular weight is 259 g/mol. The standard InChI is InChI=1S/C11H15BrO2/c1-3-14-10-6-4-5-9(11(10)12)8(2)7-13/h4-6,8,13H,3,7H2,1-2H3. The minimum atomic E-state index is 0.129. The number of hydrogen-bond acceptors (Lipinski definition) is 2. The third kappa shape index (κ3) is 2.49. The molecule has 0 aliphatic heterocycles. The van der Waals surface area contributed by atoms with Gasteiger partial charge in [0.2, 0.25) is 0 Å². The lowest BCUT2D eigenvalue weighted by Crippen LogP contribution is -2.01. The van der Waals surface area contributed by atoms with Gasteiger partial charge >= 0.3 is 0 Å². The van der Waals surface area contributed by atoms with E-state index in [-0.39, 0.29) is 12.5 Å². The van der Waals surface area contributed by atoms with E-state index in [0.717, 1.165) is 15.8 Å². The summed E-state index contributed by atoms with van der Waals surface area (Å²) in [6.07, 6.45) is 0. The Morgan fingerprint density at radius 1 is 1.50 bits per heavy atom. The molecular weight excluding hydrogens is 244 g/mol. The van der Waals surface area contributed by atoms with Crippen LogP contribution in [0.4, 0.5) is 0 Å². The van der Waals surface area contributed by atoms with Gasteiger partial charge in [-0.1, -0.05) is 19.1 Å². The van der Waals surface area contributed by atoms with Crippen molar-refractivity contribution in [2.75, 3.05) is 13.2 Å². The first-order valence-corrected chi connectivity index (χ1v) is 5.52. The van der Waals surface area contributed by atoms with Gasteiger partial charge in [-0.3, -0.25) is 0 Å². The average Bonchev–Trinajstić information content (AvgIpc) is 2.20. The molecule has 0 spiro atoms. The van der Waals surface area contributed by atoms with Gasteiger partial charge in [-0.05, 0) is 34.5 Å². The molecule has 78 valence electrons. The van der Waals surface area contributed by atoms with Crippen molar-refractivity contribution >= 4 is 15.9 Å². The molecule has 0 fully saturated rings. The number of benzene rings is 1. The van der Waals surface area contributed by atoms with Gasteiger partial charge in [0.1, 0.15) is 5.75 Å². The largest absolute Gasteiger partial charge is 0.493 e. The van der Waals surface area contributed by atoms with E-state index in [2.05, 4.69) is 15.9 Å². The number of aliphatic hydroxyl groups is 1. The Morgan fingerprint density at radius 2 is 2.21 bits per heavy atom. The molecule has 14 heavy (non-hydrogen) atoms. The Morgan fingerprint density at radius 3 is 2.79 bits per heavy atom. The summed E-state index contributed by atoms with van der Waals surface area (Å²) >= 11 is 3.49. The molecule has 1 unspecified atom stereocenters. The first-order valence-electron chi connectivity index (χ1n) is 4.72. The molecule has 0 amide bonds. The summed E-state index contributed by atoms with van der Waals surface area (Å²) in [5.74, 6) is 0.968. The highest BCUT2D eigenvalue weighted by Gasteiger charge is 2.11. The molecule has 0 aromatic heterocycles. The van der Waals surface area contributed by atoms with E-state index >= 15 is 0 Å². The molecule has 1 aromatic carbocycles. The van der Waals surface area contributed by atoms with Gasteiger partial charge in [0.15, 0.2) is 0 Å². The summed E-state index contributed by atoms with van der Waals surface area (Å²) in [6, 6.07) is 5.85. The second kappa shape index (κ2) is 5.37. The van der Waals surface area contributed by atoms with E-state index in [4.69, 9.17) is 9.84 Å². The van der Waals surface area contributed by atoms with Crippen LogP contribution in [0.1, 0.15) is 25.3 Å². The molecule has 1 N–H and O–H groups in total. The van der Waals surface area contributed by atoms with Gasteiger partial charge in [0, 0.05) is 12.5 Å². The van der Waals surface area contributed by atoms with Gasteiger partial charge in [-0.25, -0.2) is 0 Å². The number of halogens is 1. The Balaban J connectivity index is 3.00. The summed E-state index contributed by atoms with van der Waals surface area (Å²) in [6.45, 7) is 4.73. The predicted molar refractivity (Wildman–Crippen MR) is 60.8 cm³/mol. The molecule has 0 bridgehead atoms. The van der Waals surface area contributed by atoms with Crippen LogP contribution in [-0.2, 0) is 0 Å². The normalized spacial score (nSPS) is 12.6. The second-order valence-corrected chi connectivity index (χ2v) is 3.97. The molecule has 0 radical (unpaired) electrons. The van der Waals surface area contributed by atoms with Crippen LogP contribution >= 0.6 is 15.9 Å². The maximum absolute atomic E-state index is 9.07. The smallest absolute Gasteiger partial charge is 0.133 e. The number of rotatable bonds is 4. The number of hydrogen-bond donors (Lipinski definition) is 1. The molecule has 3 heteroatoms. The van der Waals surface area contributed by atoms with Crippen LogP contribution in [0.25, 0.3) is 0 Å². The SMILES string of the molecule is CCOc1cccc(C(C)CO)c1Br. The number of ether oxygens (including phenoxy) is 1. The van der Waals surface area contributed by atoms with Crippen LogP contribution in [0.5, 0.6) is 5.75 Å². The highest BCUT2D eigenvalue weighted by atomic mass is 79.9. The van der Waals surface area contributed by atoms with E-state index in [9.17, 15) is 0 Å². The van der Waals surface area contributed by atoms with Crippen molar-refractivity contribution in [2.45, 2.75) is 19.8 Å². The van der Waals surface area contributed by atoms with Crippen molar-refractivity contribution in [3.8, 4) is 5.75 Å². The van der Waals surface area contributed by atoms with E-state index in [1.807, 2.05) is 32.0 Å². The lowest BCUT2D eigenvalue weighted by atomic mass is 10.0. The molecule has 0 saturated carbocycles. The van der Waals surface area contributed by atoms with Crippen LogP contribution in [0.15, 0.2) is 22.7 Å². The zero-order valence-electron chi connectivity index (χ0n) is 8.46. The fraction of sp³-hybridized carbons (Fsp3) is 0.455. The number of aliphatic hydroxyl groups excluding tert-OH is 1. The van der Waals surface area contributed by atoms with Crippen LogP contribution in [0.3, 0.4) is 0 Å².